The van der Waals surface area contributed by atoms with Crippen molar-refractivity contribution < 1.29 is 0 Å². The molecule has 0 saturated carbocycles. The van der Waals surface area contributed by atoms with E-state index in [0.717, 1.165) is 41.7 Å². The van der Waals surface area contributed by atoms with Gasteiger partial charge in [-0.3, -0.25) is 9.67 Å². The minimum atomic E-state index is 0.666. The zero-order valence-electron chi connectivity index (χ0n) is 18.2. The maximum atomic E-state index is 4.63. The van der Waals surface area contributed by atoms with Crippen molar-refractivity contribution in [1.82, 2.24) is 30.2 Å². The average molecular weight is 394 g/mol. The van der Waals surface area contributed by atoms with E-state index in [4.69, 9.17) is 0 Å². The predicted octanol–water partition coefficient (Wildman–Crippen LogP) is 2.75. The van der Waals surface area contributed by atoms with Gasteiger partial charge in [-0.05, 0) is 57.4 Å². The van der Waals surface area contributed by atoms with Crippen molar-refractivity contribution in [3.63, 3.8) is 0 Å². The summed E-state index contributed by atoms with van der Waals surface area (Å²) < 4.78 is 3.93. The van der Waals surface area contributed by atoms with Crippen LogP contribution in [-0.2, 0) is 20.0 Å². The van der Waals surface area contributed by atoms with Crippen molar-refractivity contribution in [2.24, 2.45) is 12.0 Å². The summed E-state index contributed by atoms with van der Waals surface area (Å²) in [4.78, 5) is 4.36. The normalized spacial score (nSPS) is 11.7. The summed E-state index contributed by atoms with van der Waals surface area (Å²) in [6.07, 6.45) is 0.911. The highest BCUT2D eigenvalue weighted by atomic mass is 15.3. The summed E-state index contributed by atoms with van der Waals surface area (Å²) in [5.74, 6) is 0.785. The van der Waals surface area contributed by atoms with Gasteiger partial charge in [-0.2, -0.15) is 10.2 Å². The van der Waals surface area contributed by atoms with Crippen molar-refractivity contribution in [3.8, 4) is 5.69 Å². The molecule has 0 aliphatic rings. The standard InChI is InChI=1S/C22H31N7/c1-15-13-16(2)29(26-15)21-10-8-7-9-19(21)14-25-22(23-5)24-12-11-20-17(3)27-28(6)18(20)4/h7-10,13H,11-12,14H2,1-6H3,(H2,23,24,25). The van der Waals surface area contributed by atoms with Gasteiger partial charge < -0.3 is 10.6 Å². The number of nitrogens with one attached hydrogen (secondary N) is 2. The first kappa shape index (κ1) is 20.6. The molecule has 0 bridgehead atoms. The Hall–Kier alpha value is -3.09. The third-order valence-electron chi connectivity index (χ3n) is 5.23. The lowest BCUT2D eigenvalue weighted by Gasteiger charge is -2.15. The number of guanidine groups is 1. The minimum absolute atomic E-state index is 0.666. The highest BCUT2D eigenvalue weighted by Crippen LogP contribution is 2.17. The van der Waals surface area contributed by atoms with Crippen LogP contribution in [-0.4, -0.2) is 39.1 Å². The van der Waals surface area contributed by atoms with Crippen LogP contribution in [0.5, 0.6) is 0 Å². The second-order valence-electron chi connectivity index (χ2n) is 7.34. The van der Waals surface area contributed by atoms with Crippen LogP contribution in [0.1, 0.15) is 33.9 Å². The van der Waals surface area contributed by atoms with E-state index < -0.39 is 0 Å². The van der Waals surface area contributed by atoms with Crippen LogP contribution >= 0.6 is 0 Å². The Bertz CT molecular complexity index is 1010. The molecule has 7 heteroatoms. The van der Waals surface area contributed by atoms with E-state index in [-0.39, 0.29) is 0 Å². The monoisotopic (exact) mass is 393 g/mol. The molecule has 2 aromatic heterocycles. The number of hydrogen-bond donors (Lipinski definition) is 2. The summed E-state index contributed by atoms with van der Waals surface area (Å²) in [5, 5.41) is 15.9. The highest BCUT2D eigenvalue weighted by molar-refractivity contribution is 5.79. The van der Waals surface area contributed by atoms with Gasteiger partial charge in [0.15, 0.2) is 5.96 Å². The molecule has 0 radical (unpaired) electrons. The zero-order valence-corrected chi connectivity index (χ0v) is 18.2. The number of benzene rings is 1. The van der Waals surface area contributed by atoms with E-state index in [0.29, 0.717) is 6.54 Å². The summed E-state index contributed by atoms with van der Waals surface area (Å²) in [6, 6.07) is 10.4. The lowest BCUT2D eigenvalue weighted by molar-refractivity contribution is 0.728. The van der Waals surface area contributed by atoms with Crippen molar-refractivity contribution in [2.75, 3.05) is 13.6 Å². The Kier molecular flexibility index (Phi) is 6.36. The molecule has 2 N–H and O–H groups in total. The van der Waals surface area contributed by atoms with Gasteiger partial charge in [0.05, 0.1) is 17.1 Å². The molecule has 0 aliphatic heterocycles. The van der Waals surface area contributed by atoms with E-state index in [9.17, 15) is 0 Å². The topological polar surface area (TPSA) is 72.1 Å². The molecule has 154 valence electrons. The average Bonchev–Trinajstić information content (AvgIpc) is 3.16. The van der Waals surface area contributed by atoms with Crippen molar-refractivity contribution >= 4 is 5.96 Å². The third kappa shape index (κ3) is 4.67. The van der Waals surface area contributed by atoms with Gasteiger partial charge in [0, 0.05) is 38.6 Å². The maximum absolute atomic E-state index is 4.63. The summed E-state index contributed by atoms with van der Waals surface area (Å²) in [7, 11) is 3.78. The van der Waals surface area contributed by atoms with Crippen LogP contribution in [0.2, 0.25) is 0 Å². The van der Waals surface area contributed by atoms with E-state index in [1.165, 1.54) is 16.8 Å². The van der Waals surface area contributed by atoms with Gasteiger partial charge in [-0.1, -0.05) is 18.2 Å². The van der Waals surface area contributed by atoms with Crippen LogP contribution in [0.25, 0.3) is 5.69 Å². The van der Waals surface area contributed by atoms with E-state index in [2.05, 4.69) is 70.9 Å². The van der Waals surface area contributed by atoms with Crippen molar-refractivity contribution in [1.29, 1.82) is 0 Å². The Morgan fingerprint density at radius 2 is 1.83 bits per heavy atom. The molecule has 0 unspecified atom stereocenters. The first-order valence-electron chi connectivity index (χ1n) is 9.95. The molecule has 7 nitrogen and oxygen atoms in total. The van der Waals surface area contributed by atoms with Gasteiger partial charge in [0.2, 0.25) is 0 Å². The number of para-hydroxylation sites is 1. The Labute approximate surface area is 172 Å². The number of nitrogens with zero attached hydrogens (tertiary/aromatic N) is 5. The molecule has 3 aromatic rings. The maximum Gasteiger partial charge on any atom is 0.191 e. The van der Waals surface area contributed by atoms with E-state index >= 15 is 0 Å². The molecule has 2 heterocycles. The molecule has 0 amide bonds. The van der Waals surface area contributed by atoms with Crippen LogP contribution in [0.4, 0.5) is 0 Å². The second kappa shape index (κ2) is 8.94. The molecule has 0 fully saturated rings. The van der Waals surface area contributed by atoms with Crippen molar-refractivity contribution in [2.45, 2.75) is 40.7 Å². The number of aryl methyl sites for hydroxylation is 4. The van der Waals surface area contributed by atoms with Crippen molar-refractivity contribution in [3.05, 3.63) is 64.2 Å². The summed E-state index contributed by atoms with van der Waals surface area (Å²) in [6.45, 7) is 9.73. The number of aliphatic imine (C=N–C) groups is 1. The van der Waals surface area contributed by atoms with Gasteiger partial charge >= 0.3 is 0 Å². The number of hydrogen-bond acceptors (Lipinski definition) is 3. The van der Waals surface area contributed by atoms with E-state index in [1.54, 1.807) is 7.05 Å². The quantitative estimate of drug-likeness (QED) is 0.499. The van der Waals surface area contributed by atoms with Gasteiger partial charge in [0.1, 0.15) is 0 Å². The fourth-order valence-electron chi connectivity index (χ4n) is 3.62. The van der Waals surface area contributed by atoms with Crippen LogP contribution < -0.4 is 10.6 Å². The molecule has 0 atom stereocenters. The Morgan fingerprint density at radius 3 is 2.45 bits per heavy atom. The minimum Gasteiger partial charge on any atom is -0.356 e. The molecule has 0 saturated heterocycles. The molecule has 3 rings (SSSR count). The molecular weight excluding hydrogens is 362 g/mol. The summed E-state index contributed by atoms with van der Waals surface area (Å²) >= 11 is 0. The Balaban J connectivity index is 1.62. The zero-order chi connectivity index (χ0) is 21.0. The Morgan fingerprint density at radius 1 is 1.07 bits per heavy atom. The predicted molar refractivity (Wildman–Crippen MR) is 118 cm³/mol. The fourth-order valence-corrected chi connectivity index (χ4v) is 3.62. The van der Waals surface area contributed by atoms with Crippen LogP contribution in [0.15, 0.2) is 35.3 Å². The lowest BCUT2D eigenvalue weighted by Crippen LogP contribution is -2.38. The largest absolute Gasteiger partial charge is 0.356 e. The molecular formula is C22H31N7. The first-order chi connectivity index (χ1) is 13.9. The summed E-state index contributed by atoms with van der Waals surface area (Å²) in [5.41, 5.74) is 8.00. The van der Waals surface area contributed by atoms with Gasteiger partial charge in [0.25, 0.3) is 0 Å². The van der Waals surface area contributed by atoms with Crippen LogP contribution in [0.3, 0.4) is 0 Å². The number of aromatic nitrogens is 4. The molecule has 1 aromatic carbocycles. The number of rotatable bonds is 6. The first-order valence-corrected chi connectivity index (χ1v) is 9.95. The third-order valence-corrected chi connectivity index (χ3v) is 5.23. The second-order valence-corrected chi connectivity index (χ2v) is 7.34. The lowest BCUT2D eigenvalue weighted by atomic mass is 10.1. The highest BCUT2D eigenvalue weighted by Gasteiger charge is 2.11. The molecule has 0 spiro atoms. The SMILES string of the molecule is CN=C(NCCc1c(C)nn(C)c1C)NCc1ccccc1-n1nc(C)cc1C. The van der Waals surface area contributed by atoms with Gasteiger partial charge in [-0.15, -0.1) is 0 Å². The fraction of sp³-hybridized carbons (Fsp3) is 0.409. The van der Waals surface area contributed by atoms with E-state index in [1.807, 2.05) is 29.4 Å². The smallest absolute Gasteiger partial charge is 0.191 e. The van der Waals surface area contributed by atoms with Crippen LogP contribution in [0, 0.1) is 27.7 Å². The molecule has 0 aliphatic carbocycles. The van der Waals surface area contributed by atoms with Gasteiger partial charge in [-0.25, -0.2) is 4.68 Å². The molecule has 29 heavy (non-hydrogen) atoms.